The van der Waals surface area contributed by atoms with Gasteiger partial charge in [0.1, 0.15) is 0 Å². The third-order valence-corrected chi connectivity index (χ3v) is 3.01. The average molecular weight is 270 g/mol. The zero-order valence-corrected chi connectivity index (χ0v) is 10.8. The van der Waals surface area contributed by atoms with E-state index in [9.17, 15) is 4.79 Å². The van der Waals surface area contributed by atoms with E-state index in [1.807, 2.05) is 24.3 Å². The van der Waals surface area contributed by atoms with Crippen LogP contribution >= 0.6 is 0 Å². The van der Waals surface area contributed by atoms with Crippen LogP contribution in [0.5, 0.6) is 0 Å². The molecule has 2 N–H and O–H groups in total. The third kappa shape index (κ3) is 2.51. The quantitative estimate of drug-likeness (QED) is 0.676. The summed E-state index contributed by atoms with van der Waals surface area (Å²) in [5.41, 5.74) is 1.29. The van der Waals surface area contributed by atoms with Crippen molar-refractivity contribution >= 4 is 16.8 Å². The topological polar surface area (TPSA) is 88.5 Å². The van der Waals surface area contributed by atoms with Gasteiger partial charge in [0.2, 0.25) is 0 Å². The second kappa shape index (κ2) is 5.52. The van der Waals surface area contributed by atoms with Gasteiger partial charge < -0.3 is 5.32 Å². The molecule has 20 heavy (non-hydrogen) atoms. The van der Waals surface area contributed by atoms with Crippen LogP contribution < -0.4 is 5.32 Å². The summed E-state index contributed by atoms with van der Waals surface area (Å²) in [5.74, 6) is -0.166. The monoisotopic (exact) mass is 270 g/mol. The number of benzene rings is 1. The summed E-state index contributed by atoms with van der Waals surface area (Å²) in [6.07, 6.45) is 4.22. The normalized spacial score (nSPS) is 10.8. The van der Waals surface area contributed by atoms with Gasteiger partial charge in [-0.15, -0.1) is 5.10 Å². The van der Waals surface area contributed by atoms with Gasteiger partial charge in [-0.1, -0.05) is 23.4 Å². The molecule has 0 saturated carbocycles. The maximum absolute atomic E-state index is 12.1. The Morgan fingerprint density at radius 2 is 2.25 bits per heavy atom. The Bertz CT molecular complexity index is 703. The highest BCUT2D eigenvalue weighted by Gasteiger charge is 2.12. The minimum atomic E-state index is -0.166. The first-order chi connectivity index (χ1) is 9.84. The molecular weight excluding hydrogens is 256 g/mol. The molecule has 2 heterocycles. The lowest BCUT2D eigenvalue weighted by molar-refractivity contribution is 0.0949. The number of H-pyrrole nitrogens is 1. The Morgan fingerprint density at radius 1 is 1.35 bits per heavy atom. The van der Waals surface area contributed by atoms with Crippen molar-refractivity contribution < 1.29 is 4.79 Å². The molecule has 0 radical (unpaired) electrons. The number of para-hydroxylation sites is 1. The summed E-state index contributed by atoms with van der Waals surface area (Å²) < 4.78 is 1.73. The van der Waals surface area contributed by atoms with Crippen LogP contribution in [0.15, 0.2) is 36.7 Å². The van der Waals surface area contributed by atoms with Crippen molar-refractivity contribution in [3.63, 3.8) is 0 Å². The number of amides is 1. The lowest BCUT2D eigenvalue weighted by atomic mass is 10.2. The number of hydrogen-bond acceptors (Lipinski definition) is 4. The van der Waals surface area contributed by atoms with Crippen molar-refractivity contribution in [2.45, 2.75) is 13.0 Å². The number of nitrogens with one attached hydrogen (secondary N) is 2. The van der Waals surface area contributed by atoms with Crippen LogP contribution in [0.4, 0.5) is 0 Å². The Balaban J connectivity index is 1.56. The number of rotatable bonds is 5. The molecule has 0 aliphatic rings. The second-order valence-corrected chi connectivity index (χ2v) is 4.39. The maximum Gasteiger partial charge on any atom is 0.272 e. The van der Waals surface area contributed by atoms with E-state index in [-0.39, 0.29) is 5.91 Å². The number of hydrogen-bond donors (Lipinski definition) is 2. The number of carbonyl (C=O) groups is 1. The van der Waals surface area contributed by atoms with Gasteiger partial charge in [0.15, 0.2) is 5.69 Å². The van der Waals surface area contributed by atoms with E-state index in [1.54, 1.807) is 17.1 Å². The molecule has 7 nitrogen and oxygen atoms in total. The van der Waals surface area contributed by atoms with E-state index in [0.717, 1.165) is 23.9 Å². The Kier molecular flexibility index (Phi) is 3.40. The van der Waals surface area contributed by atoms with Gasteiger partial charge in [-0.05, 0) is 12.5 Å². The Hall–Kier alpha value is -2.70. The molecule has 1 aromatic carbocycles. The highest BCUT2D eigenvalue weighted by atomic mass is 16.1. The lowest BCUT2D eigenvalue weighted by Crippen LogP contribution is -2.25. The summed E-state index contributed by atoms with van der Waals surface area (Å²) in [5, 5.41) is 18.2. The number of aromatic amines is 1. The molecule has 102 valence electrons. The second-order valence-electron chi connectivity index (χ2n) is 4.39. The van der Waals surface area contributed by atoms with E-state index in [0.29, 0.717) is 12.2 Å². The van der Waals surface area contributed by atoms with E-state index >= 15 is 0 Å². The van der Waals surface area contributed by atoms with Crippen LogP contribution in [-0.4, -0.2) is 37.6 Å². The first-order valence-electron chi connectivity index (χ1n) is 6.40. The Morgan fingerprint density at radius 3 is 3.10 bits per heavy atom. The van der Waals surface area contributed by atoms with Gasteiger partial charge in [0, 0.05) is 24.7 Å². The smallest absolute Gasteiger partial charge is 0.272 e. The SMILES string of the molecule is O=C(NCCCn1ccnn1)c1n[nH]c2ccccc12. The van der Waals surface area contributed by atoms with E-state index < -0.39 is 0 Å². The number of fused-ring (bicyclic) bond motifs is 1. The summed E-state index contributed by atoms with van der Waals surface area (Å²) in [6, 6.07) is 7.56. The third-order valence-electron chi connectivity index (χ3n) is 3.01. The fourth-order valence-electron chi connectivity index (χ4n) is 2.02. The summed E-state index contributed by atoms with van der Waals surface area (Å²) in [6.45, 7) is 1.29. The largest absolute Gasteiger partial charge is 0.351 e. The molecule has 3 aromatic rings. The zero-order chi connectivity index (χ0) is 13.8. The van der Waals surface area contributed by atoms with E-state index in [2.05, 4.69) is 25.8 Å². The number of aryl methyl sites for hydroxylation is 1. The van der Waals surface area contributed by atoms with Gasteiger partial charge >= 0.3 is 0 Å². The van der Waals surface area contributed by atoms with Crippen LogP contribution in [0, 0.1) is 0 Å². The van der Waals surface area contributed by atoms with Crippen LogP contribution in [0.2, 0.25) is 0 Å². The minimum Gasteiger partial charge on any atom is -0.351 e. The molecule has 0 aliphatic carbocycles. The highest BCUT2D eigenvalue weighted by molar-refractivity contribution is 6.04. The minimum absolute atomic E-state index is 0.166. The summed E-state index contributed by atoms with van der Waals surface area (Å²) in [4.78, 5) is 12.1. The molecule has 0 aliphatic heterocycles. The van der Waals surface area contributed by atoms with Crippen LogP contribution in [0.25, 0.3) is 10.9 Å². The first-order valence-corrected chi connectivity index (χ1v) is 6.40. The lowest BCUT2D eigenvalue weighted by Gasteiger charge is -2.03. The van der Waals surface area contributed by atoms with Gasteiger partial charge in [-0.3, -0.25) is 14.6 Å². The maximum atomic E-state index is 12.1. The van der Waals surface area contributed by atoms with Crippen molar-refractivity contribution in [1.82, 2.24) is 30.5 Å². The van der Waals surface area contributed by atoms with Crippen molar-refractivity contribution in [1.29, 1.82) is 0 Å². The highest BCUT2D eigenvalue weighted by Crippen LogP contribution is 2.14. The van der Waals surface area contributed by atoms with Crippen molar-refractivity contribution in [2.24, 2.45) is 0 Å². The molecular formula is C13H14N6O. The van der Waals surface area contributed by atoms with Crippen molar-refractivity contribution in [3.8, 4) is 0 Å². The van der Waals surface area contributed by atoms with Crippen molar-refractivity contribution in [2.75, 3.05) is 6.54 Å². The predicted octanol–water partition coefficient (Wildman–Crippen LogP) is 0.974. The fraction of sp³-hybridized carbons (Fsp3) is 0.231. The van der Waals surface area contributed by atoms with Crippen molar-refractivity contribution in [3.05, 3.63) is 42.4 Å². The molecule has 2 aromatic heterocycles. The zero-order valence-electron chi connectivity index (χ0n) is 10.8. The van der Waals surface area contributed by atoms with E-state index in [4.69, 9.17) is 0 Å². The summed E-state index contributed by atoms with van der Waals surface area (Å²) in [7, 11) is 0. The van der Waals surface area contributed by atoms with Gasteiger partial charge in [0.05, 0.1) is 11.7 Å². The fourth-order valence-corrected chi connectivity index (χ4v) is 2.02. The molecule has 7 heteroatoms. The van der Waals surface area contributed by atoms with Crippen LogP contribution in [0.1, 0.15) is 16.9 Å². The molecule has 0 saturated heterocycles. The van der Waals surface area contributed by atoms with E-state index in [1.165, 1.54) is 0 Å². The number of nitrogens with zero attached hydrogens (tertiary/aromatic N) is 4. The molecule has 0 unspecified atom stereocenters. The molecule has 0 fully saturated rings. The molecule has 0 spiro atoms. The molecule has 3 rings (SSSR count). The van der Waals surface area contributed by atoms with Crippen LogP contribution in [0.3, 0.4) is 0 Å². The number of aromatic nitrogens is 5. The van der Waals surface area contributed by atoms with Crippen LogP contribution in [-0.2, 0) is 6.54 Å². The van der Waals surface area contributed by atoms with Gasteiger partial charge in [0.25, 0.3) is 5.91 Å². The average Bonchev–Trinajstić information content (AvgIpc) is 3.12. The first kappa shape index (κ1) is 12.3. The molecule has 1 amide bonds. The predicted molar refractivity (Wildman–Crippen MR) is 73.1 cm³/mol. The number of carbonyl (C=O) groups excluding carboxylic acids is 1. The molecule has 0 atom stereocenters. The summed E-state index contributed by atoms with van der Waals surface area (Å²) >= 11 is 0. The van der Waals surface area contributed by atoms with Gasteiger partial charge in [-0.25, -0.2) is 0 Å². The standard InChI is InChI=1S/C13H14N6O/c20-13(14-6-3-8-19-9-7-15-18-19)12-10-4-1-2-5-11(10)16-17-12/h1-2,4-5,7,9H,3,6,8H2,(H,14,20)(H,16,17). The Labute approximate surface area is 115 Å². The van der Waals surface area contributed by atoms with Gasteiger partial charge in [-0.2, -0.15) is 5.10 Å². The molecule has 0 bridgehead atoms.